The van der Waals surface area contributed by atoms with E-state index in [-0.39, 0.29) is 27.7 Å². The van der Waals surface area contributed by atoms with E-state index in [2.05, 4.69) is 0 Å². The Morgan fingerprint density at radius 3 is 2.55 bits per heavy atom. The second kappa shape index (κ2) is 9.05. The van der Waals surface area contributed by atoms with Crippen molar-refractivity contribution >= 4 is 37.5 Å². The summed E-state index contributed by atoms with van der Waals surface area (Å²) in [6, 6.07) is 9.81. The summed E-state index contributed by atoms with van der Waals surface area (Å²) in [6.07, 6.45) is 3.81. The van der Waals surface area contributed by atoms with Crippen LogP contribution >= 0.6 is 0 Å². The molecule has 8 heteroatoms. The van der Waals surface area contributed by atoms with Crippen LogP contribution < -0.4 is 4.46 Å². The van der Waals surface area contributed by atoms with Crippen molar-refractivity contribution in [2.75, 3.05) is 13.7 Å². The zero-order valence-electron chi connectivity index (χ0n) is 18.2. The van der Waals surface area contributed by atoms with Gasteiger partial charge < -0.3 is 0 Å². The average molecular weight is 495 g/mol. The zero-order chi connectivity index (χ0) is 22.7. The van der Waals surface area contributed by atoms with Gasteiger partial charge in [0.05, 0.1) is 0 Å². The van der Waals surface area contributed by atoms with Gasteiger partial charge in [0, 0.05) is 0 Å². The summed E-state index contributed by atoms with van der Waals surface area (Å²) in [5, 5.41) is 0. The molecule has 31 heavy (non-hydrogen) atoms. The molecule has 1 saturated heterocycles. The molecule has 168 valence electrons. The fourth-order valence-corrected chi connectivity index (χ4v) is 7.43. The quantitative estimate of drug-likeness (QED) is 0.144. The molecule has 0 spiro atoms. The first-order chi connectivity index (χ1) is 14.6. The van der Waals surface area contributed by atoms with Gasteiger partial charge in [-0.05, 0) is 0 Å². The molecule has 1 aromatic rings. The van der Waals surface area contributed by atoms with Crippen LogP contribution in [0.1, 0.15) is 40.0 Å². The fourth-order valence-electron chi connectivity index (χ4n) is 4.00. The minimum absolute atomic E-state index is 0.127. The number of benzene rings is 1. The van der Waals surface area contributed by atoms with E-state index in [1.807, 2.05) is 30.3 Å². The first-order valence-corrected chi connectivity index (χ1v) is 11.9. The number of ether oxygens (including phenoxy) is 4. The van der Waals surface area contributed by atoms with E-state index in [1.54, 1.807) is 32.9 Å². The molecule has 7 nitrogen and oxygen atoms in total. The number of methoxy groups -OCH3 is 1. The van der Waals surface area contributed by atoms with Crippen LogP contribution in [-0.4, -0.2) is 58.5 Å². The number of hydrogen-bond acceptors (Lipinski definition) is 7. The van der Waals surface area contributed by atoms with Crippen LogP contribution in [0.2, 0.25) is 4.31 Å². The van der Waals surface area contributed by atoms with Crippen molar-refractivity contribution in [3.05, 3.63) is 42.5 Å². The maximum atomic E-state index is 13.0. The van der Waals surface area contributed by atoms with E-state index in [0.29, 0.717) is 19.3 Å². The van der Waals surface area contributed by atoms with Crippen molar-refractivity contribution in [2.45, 2.75) is 56.1 Å². The summed E-state index contributed by atoms with van der Waals surface area (Å²) < 4.78 is 21.3. The van der Waals surface area contributed by atoms with E-state index in [4.69, 9.17) is 18.9 Å². The summed E-state index contributed by atoms with van der Waals surface area (Å²) in [6.45, 7) is 5.43. The van der Waals surface area contributed by atoms with Gasteiger partial charge in [0.2, 0.25) is 0 Å². The average Bonchev–Trinajstić information content (AvgIpc) is 2.70. The van der Waals surface area contributed by atoms with Gasteiger partial charge in [0.15, 0.2) is 0 Å². The van der Waals surface area contributed by atoms with E-state index in [1.165, 1.54) is 7.11 Å². The van der Waals surface area contributed by atoms with E-state index in [0.717, 1.165) is 4.46 Å². The van der Waals surface area contributed by atoms with Crippen molar-refractivity contribution in [2.24, 2.45) is 5.41 Å². The second-order valence-corrected chi connectivity index (χ2v) is 11.7. The van der Waals surface area contributed by atoms with Gasteiger partial charge in [0.25, 0.3) is 0 Å². The van der Waals surface area contributed by atoms with Crippen LogP contribution in [-0.2, 0) is 28.5 Å². The van der Waals surface area contributed by atoms with Gasteiger partial charge in [0.1, 0.15) is 0 Å². The molecule has 0 radical (unpaired) electrons. The SMILES string of the molecule is COC(=O)[C@]12C=C[C@H](C[C@]1(CCCOC(=O)OC(C)(C)C)[Se]c1ccccc1)OC2=O. The summed E-state index contributed by atoms with van der Waals surface area (Å²) in [5.74, 6) is -1.18. The third kappa shape index (κ3) is 4.80. The number of esters is 2. The molecular weight excluding hydrogens is 467 g/mol. The van der Waals surface area contributed by atoms with Crippen LogP contribution in [0.4, 0.5) is 4.79 Å². The second-order valence-electron chi connectivity index (χ2n) is 8.63. The summed E-state index contributed by atoms with van der Waals surface area (Å²) in [7, 11) is 1.28. The molecule has 2 bridgehead atoms. The molecule has 3 atom stereocenters. The van der Waals surface area contributed by atoms with Crippen molar-refractivity contribution < 1.29 is 33.3 Å². The third-order valence-electron chi connectivity index (χ3n) is 5.29. The normalized spacial score (nSPS) is 26.8. The topological polar surface area (TPSA) is 88.1 Å². The van der Waals surface area contributed by atoms with E-state index >= 15 is 0 Å². The molecule has 2 heterocycles. The standard InChI is InChI=1S/C23H28O7Se/c1-21(2,3)30-20(26)28-14-8-12-22(31-17-9-6-5-7-10-17)15-16-11-13-23(22,18(24)27-4)19(25)29-16/h5-7,9-11,13,16H,8,12,14-15H2,1-4H3/t16-,22+,23+/m1/s1. The number of carbonyl (C=O) groups is 3. The predicted octanol–water partition coefficient (Wildman–Crippen LogP) is 2.95. The van der Waals surface area contributed by atoms with E-state index < -0.39 is 33.4 Å². The monoisotopic (exact) mass is 496 g/mol. The Labute approximate surface area is 188 Å². The van der Waals surface area contributed by atoms with Crippen molar-refractivity contribution in [1.29, 1.82) is 0 Å². The number of fused-ring (bicyclic) bond motifs is 2. The van der Waals surface area contributed by atoms with Crippen molar-refractivity contribution in [3.63, 3.8) is 0 Å². The first kappa shape index (κ1) is 23.4. The maximum absolute atomic E-state index is 13.0. The molecular formula is C23H28O7Se. The van der Waals surface area contributed by atoms with Gasteiger partial charge in [-0.1, -0.05) is 0 Å². The third-order valence-corrected chi connectivity index (χ3v) is 8.63. The van der Waals surface area contributed by atoms with Gasteiger partial charge >= 0.3 is 189 Å². The number of hydrogen-bond donors (Lipinski definition) is 0. The van der Waals surface area contributed by atoms with Crippen molar-refractivity contribution in [1.82, 2.24) is 0 Å². The van der Waals surface area contributed by atoms with Crippen LogP contribution in [0.3, 0.4) is 0 Å². The molecule has 1 aliphatic carbocycles. The number of carbonyl (C=O) groups excluding carboxylic acids is 3. The molecule has 0 amide bonds. The molecule has 0 aromatic heterocycles. The molecule has 1 aromatic carbocycles. The zero-order valence-corrected chi connectivity index (χ0v) is 19.9. The molecule has 3 aliphatic rings. The van der Waals surface area contributed by atoms with Crippen LogP contribution in [0, 0.1) is 5.41 Å². The Morgan fingerprint density at radius 2 is 1.94 bits per heavy atom. The molecule has 4 rings (SSSR count). The Hall–Kier alpha value is -2.31. The Balaban J connectivity index is 1.84. The fraction of sp³-hybridized carbons (Fsp3) is 0.522. The Bertz CT molecular complexity index is 860. The Kier molecular flexibility index (Phi) is 6.82. The predicted molar refractivity (Wildman–Crippen MR) is 114 cm³/mol. The van der Waals surface area contributed by atoms with Crippen LogP contribution in [0.25, 0.3) is 0 Å². The van der Waals surface area contributed by atoms with E-state index in [9.17, 15) is 14.4 Å². The first-order valence-electron chi connectivity index (χ1n) is 10.2. The van der Waals surface area contributed by atoms with Gasteiger partial charge in [-0.25, -0.2) is 0 Å². The molecule has 1 fully saturated rings. The van der Waals surface area contributed by atoms with Gasteiger partial charge in [-0.2, -0.15) is 0 Å². The molecule has 0 unspecified atom stereocenters. The van der Waals surface area contributed by atoms with Crippen LogP contribution in [0.15, 0.2) is 42.5 Å². The van der Waals surface area contributed by atoms with Gasteiger partial charge in [-0.15, -0.1) is 0 Å². The summed E-state index contributed by atoms with van der Waals surface area (Å²) in [5.41, 5.74) is -2.14. The summed E-state index contributed by atoms with van der Waals surface area (Å²) in [4.78, 5) is 37.9. The molecule has 0 N–H and O–H groups in total. The Morgan fingerprint density at radius 1 is 1.23 bits per heavy atom. The molecule has 0 saturated carbocycles. The van der Waals surface area contributed by atoms with Crippen LogP contribution in [0.5, 0.6) is 0 Å². The molecule has 2 aliphatic heterocycles. The summed E-state index contributed by atoms with van der Waals surface area (Å²) >= 11 is -0.239. The number of rotatable bonds is 7. The minimum atomic E-state index is -1.50. The van der Waals surface area contributed by atoms with Gasteiger partial charge in [-0.3, -0.25) is 0 Å². The van der Waals surface area contributed by atoms with Crippen molar-refractivity contribution in [3.8, 4) is 0 Å².